The molecule has 78 heavy (non-hydrogen) atoms. The van der Waals surface area contributed by atoms with Crippen LogP contribution in [-0.2, 0) is 59.2 Å². The molecule has 0 amide bonds. The van der Waals surface area contributed by atoms with Gasteiger partial charge in [0.05, 0.1) is 0 Å². The summed E-state index contributed by atoms with van der Waals surface area (Å²) in [5, 5.41) is 28.5. The van der Waals surface area contributed by atoms with Gasteiger partial charge in [-0.15, -0.1) is 41.0 Å². The molecule has 2 aliphatic rings. The zero-order valence-electron chi connectivity index (χ0n) is 42.2. The maximum absolute atomic E-state index is 8.49. The molecule has 448 valence electrons. The second-order valence-corrected chi connectivity index (χ2v) is 19.1. The Morgan fingerprint density at radius 3 is 0.474 bits per heavy atom. The van der Waals surface area contributed by atoms with E-state index in [9.17, 15) is 0 Å². The van der Waals surface area contributed by atoms with E-state index in [0.29, 0.717) is 0 Å². The van der Waals surface area contributed by atoms with Gasteiger partial charge in [-0.2, -0.15) is 0 Å². The number of benzene rings is 4. The van der Waals surface area contributed by atoms with Crippen LogP contribution < -0.4 is 117 Å². The van der Waals surface area contributed by atoms with Crippen LogP contribution in [0.25, 0.3) is 0 Å². The molecule has 2 saturated heterocycles. The van der Waals surface area contributed by atoms with E-state index in [4.69, 9.17) is 74.5 Å². The van der Waals surface area contributed by atoms with Crippen molar-refractivity contribution in [3.8, 4) is 0 Å². The van der Waals surface area contributed by atoms with Gasteiger partial charge in [0.1, 0.15) is 0 Å². The van der Waals surface area contributed by atoms with E-state index >= 15 is 0 Å². The molecule has 0 unspecified atom stereocenters. The number of halogens is 4. The molecule has 4 aromatic carbocycles. The second-order valence-electron chi connectivity index (χ2n) is 16.0. The normalized spacial score (nSPS) is 16.8. The quantitative estimate of drug-likeness (QED) is 0.0760. The van der Waals surface area contributed by atoms with Crippen LogP contribution in [0.4, 0.5) is 0 Å². The van der Waals surface area contributed by atoms with Crippen LogP contribution >= 0.6 is 0 Å². The minimum absolute atomic E-state index is 0. The topological polar surface area (TPSA) is 478 Å². The van der Waals surface area contributed by atoms with Crippen LogP contribution in [0, 0.1) is 41.0 Å². The molecule has 6 rings (SSSR count). The summed E-state index contributed by atoms with van der Waals surface area (Å²) in [4.78, 5) is 9.62. The predicted octanol–water partition coefficient (Wildman–Crippen LogP) is -16.6. The van der Waals surface area contributed by atoms with Crippen molar-refractivity contribution in [3.05, 3.63) is 144 Å². The fourth-order valence-corrected chi connectivity index (χ4v) is 6.64. The Hall–Kier alpha value is -2.09. The molecular weight excluding hydrogens is 1210 g/mol. The third-order valence-electron chi connectivity index (χ3n) is 9.59. The van der Waals surface area contributed by atoms with Gasteiger partial charge in [0, 0.05) is 132 Å². The molecule has 0 aromatic heterocycles. The van der Waals surface area contributed by atoms with Crippen molar-refractivity contribution < 1.29 is 148 Å². The summed E-state index contributed by atoms with van der Waals surface area (Å²) >= 11 is 0. The van der Waals surface area contributed by atoms with Crippen molar-refractivity contribution in [2.45, 2.75) is 26.2 Å². The van der Waals surface area contributed by atoms with Gasteiger partial charge in [0.25, 0.3) is 0 Å². The van der Waals surface area contributed by atoms with Gasteiger partial charge in [0.15, 0.2) is 0 Å². The van der Waals surface area contributed by atoms with Crippen LogP contribution in [-0.4, -0.2) is 125 Å². The standard InChI is InChI=1S/2C22H34N6.4ClHO4.2Ni/c2*1-3-7-21(8-4-1)15-27-17-23-11-13-25-19-28(20-26-14-12-24-18-27)16-22-9-5-2-6-10-22;4*2-1(3,4)5;;/h2*1-10,23-26H,11-20H2;4*(H,2,3,4,5);;/q;;;;;;2*+2/p-4. The van der Waals surface area contributed by atoms with Crippen molar-refractivity contribution in [2.75, 3.05) is 106 Å². The summed E-state index contributed by atoms with van der Waals surface area (Å²) in [6, 6.07) is 42.7. The van der Waals surface area contributed by atoms with Crippen LogP contribution in [0.5, 0.6) is 0 Å². The molecule has 4 aromatic rings. The number of nitrogens with one attached hydrogen (secondary N) is 8. The average molecular weight is 1280 g/mol. The SMILES string of the molecule is [Ni+2].[Ni+2].[O-][Cl+3]([O-])([O-])[O-].[O-][Cl+3]([O-])([O-])[O-].[O-][Cl+3]([O-])([O-])[O-].[O-][Cl+3]([O-])([O-])[O-].c1ccc(CN2CNCCNCN(Cc3ccccc3)CNCCNC2)cc1.c1ccc(CN2CNCCNCN(Cc3ccccc3)CNCCNC2)cc1. The average Bonchev–Trinajstić information content (AvgIpc) is 3.32. The number of rotatable bonds is 8. The Bertz CT molecular complexity index is 1630. The monoisotopic (exact) mass is 1280 g/mol. The first-order chi connectivity index (χ1) is 35.8. The molecular formula is C44H68Cl4N12Ni2O16. The van der Waals surface area contributed by atoms with E-state index in [2.05, 4.69) is 183 Å². The Morgan fingerprint density at radius 2 is 0.359 bits per heavy atom. The molecule has 2 aliphatic heterocycles. The molecule has 34 heteroatoms. The number of nitrogens with zero attached hydrogens (tertiary/aromatic N) is 4. The van der Waals surface area contributed by atoms with Gasteiger partial charge in [-0.05, 0) is 22.3 Å². The van der Waals surface area contributed by atoms with Gasteiger partial charge in [-0.3, -0.25) is 19.6 Å². The molecule has 2 fully saturated rings. The summed E-state index contributed by atoms with van der Waals surface area (Å²) in [6.45, 7) is 18.5. The largest absolute Gasteiger partial charge is 2.00 e. The zero-order chi connectivity index (χ0) is 56.6. The third-order valence-corrected chi connectivity index (χ3v) is 9.59. The fraction of sp³-hybridized carbons (Fsp3) is 0.455. The van der Waals surface area contributed by atoms with Crippen molar-refractivity contribution in [3.63, 3.8) is 0 Å². The minimum Gasteiger partial charge on any atom is -0.303 e. The maximum atomic E-state index is 8.49. The predicted molar refractivity (Wildman–Crippen MR) is 231 cm³/mol. The van der Waals surface area contributed by atoms with E-state index in [1.54, 1.807) is 0 Å². The molecule has 0 bridgehead atoms. The number of hydrogen-bond donors (Lipinski definition) is 8. The van der Waals surface area contributed by atoms with Gasteiger partial charge < -0.3 is 42.5 Å². The fourth-order valence-electron chi connectivity index (χ4n) is 6.64. The molecule has 0 spiro atoms. The first kappa shape index (κ1) is 78.0. The summed E-state index contributed by atoms with van der Waals surface area (Å²) in [5.41, 5.74) is 5.39. The molecule has 2 heterocycles. The summed E-state index contributed by atoms with van der Waals surface area (Å²) in [5.74, 6) is 0. The number of hydrogen-bond acceptors (Lipinski definition) is 28. The van der Waals surface area contributed by atoms with Crippen LogP contribution in [0.1, 0.15) is 22.3 Å². The van der Waals surface area contributed by atoms with E-state index < -0.39 is 41.0 Å². The van der Waals surface area contributed by atoms with Crippen molar-refractivity contribution in [1.29, 1.82) is 0 Å². The molecule has 28 nitrogen and oxygen atoms in total. The Labute approximate surface area is 483 Å². The van der Waals surface area contributed by atoms with E-state index in [1.165, 1.54) is 22.3 Å². The maximum Gasteiger partial charge on any atom is 2.00 e. The van der Waals surface area contributed by atoms with Gasteiger partial charge in [-0.1, -0.05) is 121 Å². The summed E-state index contributed by atoms with van der Waals surface area (Å²) in [6.07, 6.45) is 0. The Balaban J connectivity index is 0. The van der Waals surface area contributed by atoms with Crippen molar-refractivity contribution >= 4 is 0 Å². The molecule has 0 aliphatic carbocycles. The van der Waals surface area contributed by atoms with E-state index in [1.807, 2.05) is 0 Å². The van der Waals surface area contributed by atoms with Crippen LogP contribution in [0.3, 0.4) is 0 Å². The third kappa shape index (κ3) is 58.6. The molecule has 0 radical (unpaired) electrons. The first-order valence-corrected chi connectivity index (χ1v) is 27.9. The van der Waals surface area contributed by atoms with Gasteiger partial charge in [0.2, 0.25) is 0 Å². The minimum atomic E-state index is -4.94. The smallest absolute Gasteiger partial charge is 0.303 e. The van der Waals surface area contributed by atoms with Crippen LogP contribution in [0.2, 0.25) is 0 Å². The Kier molecular flexibility index (Phi) is 46.4. The molecule has 0 saturated carbocycles. The van der Waals surface area contributed by atoms with Crippen molar-refractivity contribution in [2.24, 2.45) is 0 Å². The van der Waals surface area contributed by atoms with Gasteiger partial charge in [-0.25, -0.2) is 74.5 Å². The van der Waals surface area contributed by atoms with E-state index in [-0.39, 0.29) is 33.0 Å². The molecule has 0 atom stereocenters. The zero-order valence-corrected chi connectivity index (χ0v) is 47.2. The van der Waals surface area contributed by atoms with E-state index in [0.717, 1.165) is 132 Å². The molecule has 8 N–H and O–H groups in total. The van der Waals surface area contributed by atoms with Crippen molar-refractivity contribution in [1.82, 2.24) is 62.1 Å². The summed E-state index contributed by atoms with van der Waals surface area (Å²) in [7, 11) is -19.8. The first-order valence-electron chi connectivity index (χ1n) is 23.0. The second kappa shape index (κ2) is 46.4. The Morgan fingerprint density at radius 1 is 0.244 bits per heavy atom. The van der Waals surface area contributed by atoms with Gasteiger partial charge >= 0.3 is 33.0 Å². The van der Waals surface area contributed by atoms with Crippen LogP contribution in [0.15, 0.2) is 121 Å². The summed E-state index contributed by atoms with van der Waals surface area (Å²) < 4.78 is 136.